The third-order valence-corrected chi connectivity index (χ3v) is 3.69. The van der Waals surface area contributed by atoms with Crippen LogP contribution in [0.4, 0.5) is 0 Å². The Bertz CT molecular complexity index is 465. The second kappa shape index (κ2) is 8.00. The fourth-order valence-corrected chi connectivity index (χ4v) is 2.75. The average Bonchev–Trinajstić information content (AvgIpc) is 2.48. The standard InChI is InChI=1S/C16H24N2O3/c1-20-12-16(19)17-14-6-4-8-18(11-14)10-13-5-3-7-15(9-13)21-2/h3,5,7,9,14H,4,6,8,10-12H2,1-2H3,(H,17,19)/t14-/m1/s1. The average molecular weight is 292 g/mol. The van der Waals surface area contributed by atoms with E-state index in [1.807, 2.05) is 12.1 Å². The summed E-state index contributed by atoms with van der Waals surface area (Å²) in [7, 11) is 3.22. The van der Waals surface area contributed by atoms with Crippen molar-refractivity contribution in [1.82, 2.24) is 10.2 Å². The molecule has 1 fully saturated rings. The van der Waals surface area contributed by atoms with Crippen molar-refractivity contribution in [2.24, 2.45) is 0 Å². The minimum atomic E-state index is -0.0364. The van der Waals surface area contributed by atoms with Crippen molar-refractivity contribution in [2.45, 2.75) is 25.4 Å². The second-order valence-electron chi connectivity index (χ2n) is 5.43. The van der Waals surface area contributed by atoms with Gasteiger partial charge in [0.25, 0.3) is 0 Å². The third-order valence-electron chi connectivity index (χ3n) is 3.69. The SMILES string of the molecule is COCC(=O)N[C@@H]1CCCN(Cc2cccc(OC)c2)C1. The van der Waals surface area contributed by atoms with Crippen LogP contribution in [0, 0.1) is 0 Å². The summed E-state index contributed by atoms with van der Waals surface area (Å²) in [6, 6.07) is 8.35. The quantitative estimate of drug-likeness (QED) is 0.861. The number of nitrogens with one attached hydrogen (secondary N) is 1. The van der Waals surface area contributed by atoms with Crippen LogP contribution in [-0.2, 0) is 16.1 Å². The molecule has 21 heavy (non-hydrogen) atoms. The first-order valence-corrected chi connectivity index (χ1v) is 7.35. The highest BCUT2D eigenvalue weighted by Crippen LogP contribution is 2.17. The van der Waals surface area contributed by atoms with Gasteiger partial charge in [-0.05, 0) is 37.1 Å². The van der Waals surface area contributed by atoms with Gasteiger partial charge in [-0.1, -0.05) is 12.1 Å². The number of rotatable bonds is 6. The maximum absolute atomic E-state index is 11.6. The number of ether oxygens (including phenoxy) is 2. The van der Waals surface area contributed by atoms with Crippen molar-refractivity contribution in [3.05, 3.63) is 29.8 Å². The van der Waals surface area contributed by atoms with Crippen molar-refractivity contribution in [3.8, 4) is 5.75 Å². The molecule has 1 aromatic rings. The molecular weight excluding hydrogens is 268 g/mol. The number of carbonyl (C=O) groups is 1. The molecule has 5 nitrogen and oxygen atoms in total. The zero-order valence-electron chi connectivity index (χ0n) is 12.8. The lowest BCUT2D eigenvalue weighted by Crippen LogP contribution is -2.48. The molecule has 1 atom stereocenters. The summed E-state index contributed by atoms with van der Waals surface area (Å²) in [4.78, 5) is 14.0. The topological polar surface area (TPSA) is 50.8 Å². The van der Waals surface area contributed by atoms with E-state index in [1.54, 1.807) is 7.11 Å². The number of amides is 1. The second-order valence-corrected chi connectivity index (χ2v) is 5.43. The van der Waals surface area contributed by atoms with Crippen molar-refractivity contribution in [1.29, 1.82) is 0 Å². The molecule has 5 heteroatoms. The monoisotopic (exact) mass is 292 g/mol. The van der Waals surface area contributed by atoms with Crippen molar-refractivity contribution < 1.29 is 14.3 Å². The van der Waals surface area contributed by atoms with E-state index in [9.17, 15) is 4.79 Å². The number of methoxy groups -OCH3 is 2. The molecule has 1 saturated heterocycles. The van der Waals surface area contributed by atoms with Gasteiger partial charge in [0.15, 0.2) is 0 Å². The van der Waals surface area contributed by atoms with Crippen LogP contribution in [0.3, 0.4) is 0 Å². The highest BCUT2D eigenvalue weighted by atomic mass is 16.5. The highest BCUT2D eigenvalue weighted by Gasteiger charge is 2.21. The molecule has 0 spiro atoms. The van der Waals surface area contributed by atoms with Gasteiger partial charge < -0.3 is 14.8 Å². The molecule has 1 aliphatic rings. The molecule has 0 aliphatic carbocycles. The number of hydrogen-bond donors (Lipinski definition) is 1. The summed E-state index contributed by atoms with van der Waals surface area (Å²) in [6.45, 7) is 2.96. The van der Waals surface area contributed by atoms with E-state index < -0.39 is 0 Å². The van der Waals surface area contributed by atoms with Crippen molar-refractivity contribution >= 4 is 5.91 Å². The molecule has 1 amide bonds. The summed E-state index contributed by atoms with van der Waals surface area (Å²) < 4.78 is 10.1. The maximum atomic E-state index is 11.6. The molecule has 1 N–H and O–H groups in total. The lowest BCUT2D eigenvalue weighted by molar-refractivity contribution is -0.125. The minimum Gasteiger partial charge on any atom is -0.497 e. The predicted octanol–water partition coefficient (Wildman–Crippen LogP) is 1.42. The van der Waals surface area contributed by atoms with Crippen LogP contribution in [0.15, 0.2) is 24.3 Å². The van der Waals surface area contributed by atoms with E-state index in [-0.39, 0.29) is 18.6 Å². The van der Waals surface area contributed by atoms with Gasteiger partial charge in [-0.25, -0.2) is 0 Å². The first-order chi connectivity index (χ1) is 10.2. The lowest BCUT2D eigenvalue weighted by Gasteiger charge is -2.33. The Labute approximate surface area is 126 Å². The fourth-order valence-electron chi connectivity index (χ4n) is 2.75. The Kier molecular flexibility index (Phi) is 6.02. The van der Waals surface area contributed by atoms with Crippen LogP contribution in [-0.4, -0.2) is 50.8 Å². The molecule has 2 rings (SSSR count). The van der Waals surface area contributed by atoms with Gasteiger partial charge in [-0.3, -0.25) is 9.69 Å². The number of carbonyl (C=O) groups excluding carboxylic acids is 1. The molecule has 116 valence electrons. The predicted molar refractivity (Wildman–Crippen MR) is 81.3 cm³/mol. The zero-order chi connectivity index (χ0) is 15.1. The molecule has 0 saturated carbocycles. The van der Waals surface area contributed by atoms with E-state index in [0.29, 0.717) is 0 Å². The first kappa shape index (κ1) is 15.8. The molecule has 0 bridgehead atoms. The Morgan fingerprint density at radius 3 is 3.05 bits per heavy atom. The Morgan fingerprint density at radius 1 is 1.43 bits per heavy atom. The van der Waals surface area contributed by atoms with Gasteiger partial charge in [0.1, 0.15) is 12.4 Å². The number of likely N-dealkylation sites (tertiary alicyclic amines) is 1. The number of benzene rings is 1. The van der Waals surface area contributed by atoms with E-state index in [0.717, 1.165) is 38.2 Å². The van der Waals surface area contributed by atoms with Crippen molar-refractivity contribution in [3.63, 3.8) is 0 Å². The molecule has 0 unspecified atom stereocenters. The summed E-state index contributed by atoms with van der Waals surface area (Å²) in [6.07, 6.45) is 2.13. The summed E-state index contributed by atoms with van der Waals surface area (Å²) >= 11 is 0. The summed E-state index contributed by atoms with van der Waals surface area (Å²) in [5.74, 6) is 0.847. The third kappa shape index (κ3) is 5.02. The molecular formula is C16H24N2O3. The van der Waals surface area contributed by atoms with Crippen LogP contribution in [0.5, 0.6) is 5.75 Å². The van der Waals surface area contributed by atoms with Crippen LogP contribution in [0.1, 0.15) is 18.4 Å². The largest absolute Gasteiger partial charge is 0.497 e. The van der Waals surface area contributed by atoms with Gasteiger partial charge in [0.05, 0.1) is 7.11 Å². The molecule has 0 radical (unpaired) electrons. The molecule has 1 aromatic carbocycles. The fraction of sp³-hybridized carbons (Fsp3) is 0.562. The van der Waals surface area contributed by atoms with Gasteiger partial charge in [0, 0.05) is 26.2 Å². The number of nitrogens with zero attached hydrogens (tertiary/aromatic N) is 1. The Morgan fingerprint density at radius 2 is 2.29 bits per heavy atom. The van der Waals surface area contributed by atoms with Crippen LogP contribution >= 0.6 is 0 Å². The minimum absolute atomic E-state index is 0.0364. The first-order valence-electron chi connectivity index (χ1n) is 7.35. The van der Waals surface area contributed by atoms with Crippen molar-refractivity contribution in [2.75, 3.05) is 33.9 Å². The van der Waals surface area contributed by atoms with E-state index >= 15 is 0 Å². The maximum Gasteiger partial charge on any atom is 0.246 e. The lowest BCUT2D eigenvalue weighted by atomic mass is 10.0. The van der Waals surface area contributed by atoms with Crippen LogP contribution < -0.4 is 10.1 Å². The van der Waals surface area contributed by atoms with Gasteiger partial charge in [0.2, 0.25) is 5.91 Å². The highest BCUT2D eigenvalue weighted by molar-refractivity contribution is 5.77. The molecule has 1 aliphatic heterocycles. The van der Waals surface area contributed by atoms with Gasteiger partial charge in [-0.2, -0.15) is 0 Å². The summed E-state index contributed by atoms with van der Waals surface area (Å²) in [5, 5.41) is 3.03. The number of piperidine rings is 1. The number of hydrogen-bond acceptors (Lipinski definition) is 4. The van der Waals surface area contributed by atoms with E-state index in [4.69, 9.17) is 9.47 Å². The van der Waals surface area contributed by atoms with Gasteiger partial charge in [-0.15, -0.1) is 0 Å². The molecule has 0 aromatic heterocycles. The van der Waals surface area contributed by atoms with Crippen LogP contribution in [0.25, 0.3) is 0 Å². The van der Waals surface area contributed by atoms with Crippen LogP contribution in [0.2, 0.25) is 0 Å². The molecule has 1 heterocycles. The van der Waals surface area contributed by atoms with Gasteiger partial charge >= 0.3 is 0 Å². The Hall–Kier alpha value is -1.59. The smallest absolute Gasteiger partial charge is 0.246 e. The van der Waals surface area contributed by atoms with E-state index in [1.165, 1.54) is 12.7 Å². The zero-order valence-corrected chi connectivity index (χ0v) is 12.8. The summed E-state index contributed by atoms with van der Waals surface area (Å²) in [5.41, 5.74) is 1.23. The Balaban J connectivity index is 1.87. The normalized spacial score (nSPS) is 19.2. The van der Waals surface area contributed by atoms with E-state index in [2.05, 4.69) is 22.3 Å².